The third-order valence-corrected chi connectivity index (χ3v) is 3.23. The van der Waals surface area contributed by atoms with Crippen molar-refractivity contribution in [2.75, 3.05) is 11.4 Å². The Morgan fingerprint density at radius 1 is 1.61 bits per heavy atom. The van der Waals surface area contributed by atoms with E-state index in [0.29, 0.717) is 11.6 Å². The molecule has 3 nitrogen and oxygen atoms in total. The van der Waals surface area contributed by atoms with Crippen LogP contribution in [0.3, 0.4) is 0 Å². The summed E-state index contributed by atoms with van der Waals surface area (Å²) in [6.45, 7) is 6.29. The maximum Gasteiger partial charge on any atom is 0.0992 e. The number of anilines is 1. The Morgan fingerprint density at radius 2 is 2.33 bits per heavy atom. The fraction of sp³-hybridized carbons (Fsp3) is 0.400. The largest absolute Gasteiger partial charge is 0.389 e. The zero-order chi connectivity index (χ0) is 13.1. The standard InChI is InChI=1S/C15H18N2O/c1-3-8-17(13-5-6-13)15-9-12(10-16)4-7-14(15)11(2)18/h3-4,7,9,11,13,18H,1,5-6,8H2,2H3. The molecule has 0 amide bonds. The molecule has 1 fully saturated rings. The van der Waals surface area contributed by atoms with Crippen molar-refractivity contribution in [3.8, 4) is 6.07 Å². The lowest BCUT2D eigenvalue weighted by Crippen LogP contribution is -2.27. The maximum atomic E-state index is 9.85. The van der Waals surface area contributed by atoms with E-state index >= 15 is 0 Å². The number of aliphatic hydroxyl groups is 1. The Morgan fingerprint density at radius 3 is 2.83 bits per heavy atom. The van der Waals surface area contributed by atoms with E-state index in [1.807, 2.05) is 18.2 Å². The van der Waals surface area contributed by atoms with Gasteiger partial charge in [-0.1, -0.05) is 12.1 Å². The van der Waals surface area contributed by atoms with Gasteiger partial charge in [0, 0.05) is 23.8 Å². The van der Waals surface area contributed by atoms with Gasteiger partial charge >= 0.3 is 0 Å². The number of rotatable bonds is 5. The van der Waals surface area contributed by atoms with Crippen LogP contribution in [-0.2, 0) is 0 Å². The number of hydrogen-bond acceptors (Lipinski definition) is 3. The second-order valence-electron chi connectivity index (χ2n) is 4.73. The van der Waals surface area contributed by atoms with Gasteiger partial charge in [-0.15, -0.1) is 6.58 Å². The molecule has 1 N–H and O–H groups in total. The molecule has 18 heavy (non-hydrogen) atoms. The molecule has 0 bridgehead atoms. The molecule has 0 spiro atoms. The van der Waals surface area contributed by atoms with Crippen LogP contribution >= 0.6 is 0 Å². The van der Waals surface area contributed by atoms with Crippen molar-refractivity contribution in [2.24, 2.45) is 0 Å². The third kappa shape index (κ3) is 2.55. The molecule has 1 aromatic rings. The monoisotopic (exact) mass is 242 g/mol. The first kappa shape index (κ1) is 12.7. The molecule has 0 aliphatic heterocycles. The van der Waals surface area contributed by atoms with Gasteiger partial charge < -0.3 is 10.0 Å². The fourth-order valence-electron chi connectivity index (χ4n) is 2.18. The minimum Gasteiger partial charge on any atom is -0.389 e. The molecule has 1 atom stereocenters. The Bertz CT molecular complexity index is 484. The van der Waals surface area contributed by atoms with E-state index in [9.17, 15) is 5.11 Å². The number of nitriles is 1. The minimum atomic E-state index is -0.529. The van der Waals surface area contributed by atoms with Gasteiger partial charge in [0.2, 0.25) is 0 Å². The molecule has 0 radical (unpaired) electrons. The first-order valence-electron chi connectivity index (χ1n) is 6.27. The molecular weight excluding hydrogens is 224 g/mol. The van der Waals surface area contributed by atoms with E-state index in [1.54, 1.807) is 13.0 Å². The van der Waals surface area contributed by atoms with E-state index in [0.717, 1.165) is 17.8 Å². The Kier molecular flexibility index (Phi) is 3.69. The van der Waals surface area contributed by atoms with Crippen LogP contribution in [0, 0.1) is 11.3 Å². The molecule has 1 aliphatic carbocycles. The van der Waals surface area contributed by atoms with E-state index in [-0.39, 0.29) is 0 Å². The molecule has 0 aromatic heterocycles. The highest BCUT2D eigenvalue weighted by Gasteiger charge is 2.30. The SMILES string of the molecule is C=CCN(c1cc(C#N)ccc1C(C)O)C1CC1. The van der Waals surface area contributed by atoms with E-state index in [1.165, 1.54) is 12.8 Å². The fourth-order valence-corrected chi connectivity index (χ4v) is 2.18. The molecule has 3 heteroatoms. The van der Waals surface area contributed by atoms with Crippen molar-refractivity contribution in [2.45, 2.75) is 31.9 Å². The highest BCUT2D eigenvalue weighted by atomic mass is 16.3. The summed E-state index contributed by atoms with van der Waals surface area (Å²) in [4.78, 5) is 2.23. The van der Waals surface area contributed by atoms with Crippen LogP contribution in [0.25, 0.3) is 0 Å². The quantitative estimate of drug-likeness (QED) is 0.808. The van der Waals surface area contributed by atoms with Crippen LogP contribution in [0.1, 0.15) is 37.0 Å². The Labute approximate surface area is 108 Å². The highest BCUT2D eigenvalue weighted by Crippen LogP contribution is 2.36. The van der Waals surface area contributed by atoms with E-state index in [2.05, 4.69) is 17.5 Å². The van der Waals surface area contributed by atoms with Gasteiger partial charge in [0.15, 0.2) is 0 Å². The average Bonchev–Trinajstić information content (AvgIpc) is 3.19. The predicted octanol–water partition coefficient (Wildman–Crippen LogP) is 2.77. The highest BCUT2D eigenvalue weighted by molar-refractivity contribution is 5.60. The lowest BCUT2D eigenvalue weighted by atomic mass is 10.0. The number of nitrogens with zero attached hydrogens (tertiary/aromatic N) is 2. The second-order valence-corrected chi connectivity index (χ2v) is 4.73. The second kappa shape index (κ2) is 5.24. The molecule has 94 valence electrons. The van der Waals surface area contributed by atoms with Crippen molar-refractivity contribution in [1.82, 2.24) is 0 Å². The van der Waals surface area contributed by atoms with Crippen LogP contribution in [0.4, 0.5) is 5.69 Å². The summed E-state index contributed by atoms with van der Waals surface area (Å²) in [6, 6.07) is 8.14. The van der Waals surface area contributed by atoms with Crippen LogP contribution < -0.4 is 4.90 Å². The lowest BCUT2D eigenvalue weighted by molar-refractivity contribution is 0.199. The van der Waals surface area contributed by atoms with Gasteiger partial charge in [-0.05, 0) is 31.9 Å². The van der Waals surface area contributed by atoms with Crippen molar-refractivity contribution >= 4 is 5.69 Å². The van der Waals surface area contributed by atoms with Crippen molar-refractivity contribution in [1.29, 1.82) is 5.26 Å². The molecule has 0 saturated heterocycles. The summed E-state index contributed by atoms with van der Waals surface area (Å²) < 4.78 is 0. The van der Waals surface area contributed by atoms with Crippen LogP contribution in [0.2, 0.25) is 0 Å². The molecule has 2 rings (SSSR count). The van der Waals surface area contributed by atoms with Crippen molar-refractivity contribution in [3.63, 3.8) is 0 Å². The summed E-state index contributed by atoms with van der Waals surface area (Å²) in [5, 5.41) is 18.9. The van der Waals surface area contributed by atoms with Gasteiger partial charge in [0.25, 0.3) is 0 Å². The van der Waals surface area contributed by atoms with Gasteiger partial charge in [-0.25, -0.2) is 0 Å². The van der Waals surface area contributed by atoms with Crippen molar-refractivity contribution < 1.29 is 5.11 Å². The van der Waals surface area contributed by atoms with Crippen LogP contribution in [-0.4, -0.2) is 17.7 Å². The molecular formula is C15H18N2O. The third-order valence-electron chi connectivity index (χ3n) is 3.23. The number of benzene rings is 1. The maximum absolute atomic E-state index is 9.85. The van der Waals surface area contributed by atoms with Crippen molar-refractivity contribution in [3.05, 3.63) is 42.0 Å². The molecule has 1 saturated carbocycles. The summed E-state index contributed by atoms with van der Waals surface area (Å²) >= 11 is 0. The summed E-state index contributed by atoms with van der Waals surface area (Å²) in [7, 11) is 0. The Balaban J connectivity index is 2.44. The lowest BCUT2D eigenvalue weighted by Gasteiger charge is -2.27. The topological polar surface area (TPSA) is 47.3 Å². The summed E-state index contributed by atoms with van der Waals surface area (Å²) in [5.41, 5.74) is 2.47. The van der Waals surface area contributed by atoms with E-state index in [4.69, 9.17) is 5.26 Å². The zero-order valence-corrected chi connectivity index (χ0v) is 10.6. The summed E-state index contributed by atoms with van der Waals surface area (Å²) in [6.07, 6.45) is 3.68. The molecule has 1 unspecified atom stereocenters. The van der Waals surface area contributed by atoms with Crippen LogP contribution in [0.5, 0.6) is 0 Å². The summed E-state index contributed by atoms with van der Waals surface area (Å²) in [5.74, 6) is 0. The van der Waals surface area contributed by atoms with Gasteiger partial charge in [0.1, 0.15) is 0 Å². The minimum absolute atomic E-state index is 0.523. The van der Waals surface area contributed by atoms with Gasteiger partial charge in [-0.3, -0.25) is 0 Å². The smallest absolute Gasteiger partial charge is 0.0992 e. The normalized spacial score (nSPS) is 15.8. The first-order valence-corrected chi connectivity index (χ1v) is 6.27. The average molecular weight is 242 g/mol. The Hall–Kier alpha value is -1.79. The molecule has 1 aliphatic rings. The molecule has 1 aromatic carbocycles. The van der Waals surface area contributed by atoms with E-state index < -0.39 is 6.10 Å². The van der Waals surface area contributed by atoms with Crippen LogP contribution in [0.15, 0.2) is 30.9 Å². The first-order chi connectivity index (χ1) is 8.67. The molecule has 0 heterocycles. The predicted molar refractivity (Wildman–Crippen MR) is 72.4 cm³/mol. The van der Waals surface area contributed by atoms with Gasteiger partial charge in [0.05, 0.1) is 17.7 Å². The zero-order valence-electron chi connectivity index (χ0n) is 10.6. The number of hydrogen-bond donors (Lipinski definition) is 1. The number of aliphatic hydroxyl groups excluding tert-OH is 1. The van der Waals surface area contributed by atoms with Gasteiger partial charge in [-0.2, -0.15) is 5.26 Å².